The fourth-order valence-electron chi connectivity index (χ4n) is 2.80. The van der Waals surface area contributed by atoms with Crippen LogP contribution in [0.15, 0.2) is 48.5 Å². The Kier molecular flexibility index (Phi) is 5.36. The van der Waals surface area contributed by atoms with Gasteiger partial charge in [-0.15, -0.1) is 0 Å². The third-order valence-corrected chi connectivity index (χ3v) is 5.46. The number of rotatable bonds is 6. The number of carbonyl (C=O) groups excluding carboxylic acids is 1. The molecule has 0 spiro atoms. The van der Waals surface area contributed by atoms with E-state index in [9.17, 15) is 14.9 Å². The number of fused-ring (bicyclic) bond motifs is 1. The molecule has 27 heavy (non-hydrogen) atoms. The maximum absolute atomic E-state index is 12.8. The second-order valence-electron chi connectivity index (χ2n) is 6.33. The van der Waals surface area contributed by atoms with Crippen LogP contribution in [0, 0.1) is 10.1 Å². The Balaban J connectivity index is 1.71. The van der Waals surface area contributed by atoms with Crippen molar-refractivity contribution < 1.29 is 9.72 Å². The number of benzene rings is 2. The average Bonchev–Trinajstić information content (AvgIpc) is 3.08. The summed E-state index contributed by atoms with van der Waals surface area (Å²) in [6, 6.07) is 13.4. The zero-order valence-electron chi connectivity index (χ0n) is 15.2. The van der Waals surface area contributed by atoms with Crippen molar-refractivity contribution >= 4 is 38.3 Å². The maximum Gasteiger partial charge on any atom is 0.269 e. The minimum atomic E-state index is -0.475. The van der Waals surface area contributed by atoms with E-state index in [0.29, 0.717) is 10.7 Å². The van der Waals surface area contributed by atoms with E-state index in [-0.39, 0.29) is 17.6 Å². The van der Waals surface area contributed by atoms with Crippen LogP contribution in [0.1, 0.15) is 25.5 Å². The molecule has 2 unspecified atom stereocenters. The lowest BCUT2D eigenvalue weighted by Gasteiger charge is -2.28. The minimum Gasteiger partial charge on any atom is -0.350 e. The van der Waals surface area contributed by atoms with Crippen molar-refractivity contribution in [2.45, 2.75) is 25.9 Å². The predicted molar refractivity (Wildman–Crippen MR) is 107 cm³/mol. The van der Waals surface area contributed by atoms with E-state index in [1.165, 1.54) is 23.5 Å². The number of nitro benzene ring substituents is 1. The van der Waals surface area contributed by atoms with Crippen molar-refractivity contribution in [2.24, 2.45) is 0 Å². The maximum atomic E-state index is 12.8. The lowest BCUT2D eigenvalue weighted by atomic mass is 10.1. The number of nitrogens with zero attached hydrogens (tertiary/aromatic N) is 3. The van der Waals surface area contributed by atoms with E-state index >= 15 is 0 Å². The lowest BCUT2D eigenvalue weighted by Crippen LogP contribution is -2.40. The number of nitrogens with one attached hydrogen (secondary N) is 1. The van der Waals surface area contributed by atoms with Crippen LogP contribution in [0.2, 0.25) is 0 Å². The molecule has 0 aliphatic carbocycles. The van der Waals surface area contributed by atoms with Gasteiger partial charge >= 0.3 is 0 Å². The summed E-state index contributed by atoms with van der Waals surface area (Å²) in [5.74, 6) is -0.117. The molecule has 0 aliphatic heterocycles. The molecular weight excluding hydrogens is 364 g/mol. The average molecular weight is 384 g/mol. The summed E-state index contributed by atoms with van der Waals surface area (Å²) in [5.41, 5.74) is 1.62. The quantitative estimate of drug-likeness (QED) is 0.508. The first kappa shape index (κ1) is 18.8. The number of thiazole rings is 1. The van der Waals surface area contributed by atoms with Gasteiger partial charge in [-0.05, 0) is 31.5 Å². The van der Waals surface area contributed by atoms with Gasteiger partial charge in [0, 0.05) is 19.2 Å². The van der Waals surface area contributed by atoms with Crippen LogP contribution in [-0.4, -0.2) is 33.8 Å². The van der Waals surface area contributed by atoms with Gasteiger partial charge in [0.25, 0.3) is 5.69 Å². The van der Waals surface area contributed by atoms with Crippen LogP contribution in [0.5, 0.6) is 0 Å². The molecule has 0 saturated heterocycles. The van der Waals surface area contributed by atoms with E-state index in [1.54, 1.807) is 31.0 Å². The van der Waals surface area contributed by atoms with E-state index in [0.717, 1.165) is 10.2 Å². The van der Waals surface area contributed by atoms with Gasteiger partial charge < -0.3 is 10.2 Å². The van der Waals surface area contributed by atoms with Gasteiger partial charge in [-0.1, -0.05) is 35.6 Å². The second-order valence-corrected chi connectivity index (χ2v) is 7.36. The SMILES string of the molecule is CC(Nc1nc2ccccc2s1)C(=O)N(C)C(C)c1cccc([N+](=O)[O-])c1. The number of aromatic nitrogens is 1. The highest BCUT2D eigenvalue weighted by molar-refractivity contribution is 7.22. The zero-order chi connectivity index (χ0) is 19.6. The van der Waals surface area contributed by atoms with Gasteiger partial charge in [0.2, 0.25) is 5.91 Å². The van der Waals surface area contributed by atoms with Crippen molar-refractivity contribution in [3.05, 3.63) is 64.2 Å². The highest BCUT2D eigenvalue weighted by Crippen LogP contribution is 2.27. The Labute approximate surface area is 160 Å². The van der Waals surface area contributed by atoms with Gasteiger partial charge in [0.1, 0.15) is 6.04 Å². The normalized spacial score (nSPS) is 13.1. The van der Waals surface area contributed by atoms with Crippen molar-refractivity contribution in [2.75, 3.05) is 12.4 Å². The Morgan fingerprint density at radius 3 is 2.67 bits per heavy atom. The van der Waals surface area contributed by atoms with Crippen molar-refractivity contribution in [1.29, 1.82) is 0 Å². The zero-order valence-corrected chi connectivity index (χ0v) is 16.1. The third kappa shape index (κ3) is 4.06. The van der Waals surface area contributed by atoms with Gasteiger partial charge in [-0.3, -0.25) is 14.9 Å². The first-order chi connectivity index (χ1) is 12.9. The number of carbonyl (C=O) groups is 1. The summed E-state index contributed by atoms with van der Waals surface area (Å²) >= 11 is 1.50. The fourth-order valence-corrected chi connectivity index (χ4v) is 3.75. The molecule has 1 aromatic heterocycles. The number of hydrogen-bond donors (Lipinski definition) is 1. The fraction of sp³-hybridized carbons (Fsp3) is 0.263. The van der Waals surface area contributed by atoms with Gasteiger partial charge in [-0.2, -0.15) is 0 Å². The summed E-state index contributed by atoms with van der Waals surface area (Å²) in [6.07, 6.45) is 0. The molecule has 2 aromatic carbocycles. The summed E-state index contributed by atoms with van der Waals surface area (Å²) in [7, 11) is 1.70. The number of likely N-dealkylation sites (N-methyl/N-ethyl adjacent to an activating group) is 1. The third-order valence-electron chi connectivity index (χ3n) is 4.50. The molecule has 8 heteroatoms. The molecule has 1 amide bonds. The highest BCUT2D eigenvalue weighted by Gasteiger charge is 2.24. The number of nitro groups is 1. The molecule has 7 nitrogen and oxygen atoms in total. The standard InChI is InChI=1S/C19H20N4O3S/c1-12(20-19-21-16-9-4-5-10-17(16)27-19)18(24)22(3)13(2)14-7-6-8-15(11-14)23(25)26/h4-13H,1-3H3,(H,20,21). The molecule has 0 bridgehead atoms. The van der Waals surface area contributed by atoms with Crippen LogP contribution in [0.3, 0.4) is 0 Å². The highest BCUT2D eigenvalue weighted by atomic mass is 32.1. The number of non-ortho nitro benzene ring substituents is 1. The first-order valence-corrected chi connectivity index (χ1v) is 9.31. The van der Waals surface area contributed by atoms with E-state index in [1.807, 2.05) is 31.2 Å². The van der Waals surface area contributed by atoms with Crippen molar-refractivity contribution in [1.82, 2.24) is 9.88 Å². The monoisotopic (exact) mass is 384 g/mol. The molecule has 1 heterocycles. The van der Waals surface area contributed by atoms with Crippen LogP contribution in [0.25, 0.3) is 10.2 Å². The van der Waals surface area contributed by atoms with Gasteiger partial charge in [0.15, 0.2) is 5.13 Å². The Morgan fingerprint density at radius 2 is 1.96 bits per heavy atom. The van der Waals surface area contributed by atoms with E-state index < -0.39 is 11.0 Å². The number of anilines is 1. The summed E-state index contributed by atoms with van der Waals surface area (Å²) in [6.45, 7) is 3.63. The molecule has 2 atom stereocenters. The molecular formula is C19H20N4O3S. The predicted octanol–water partition coefficient (Wildman–Crippen LogP) is 4.22. The molecule has 0 fully saturated rings. The van der Waals surface area contributed by atoms with Crippen LogP contribution in [-0.2, 0) is 4.79 Å². The number of hydrogen-bond acceptors (Lipinski definition) is 6. The van der Waals surface area contributed by atoms with Gasteiger partial charge in [-0.25, -0.2) is 4.98 Å². The number of para-hydroxylation sites is 1. The number of amides is 1. The van der Waals surface area contributed by atoms with Crippen molar-refractivity contribution in [3.63, 3.8) is 0 Å². The van der Waals surface area contributed by atoms with Gasteiger partial charge in [0.05, 0.1) is 21.2 Å². The molecule has 0 aliphatic rings. The smallest absolute Gasteiger partial charge is 0.269 e. The van der Waals surface area contributed by atoms with Crippen molar-refractivity contribution in [3.8, 4) is 0 Å². The summed E-state index contributed by atoms with van der Waals surface area (Å²) in [5, 5.41) is 14.8. The van der Waals surface area contributed by atoms with E-state index in [2.05, 4.69) is 10.3 Å². The second kappa shape index (κ2) is 7.71. The molecule has 1 N–H and O–H groups in total. The largest absolute Gasteiger partial charge is 0.350 e. The van der Waals surface area contributed by atoms with Crippen LogP contribution >= 0.6 is 11.3 Å². The lowest BCUT2D eigenvalue weighted by molar-refractivity contribution is -0.384. The topological polar surface area (TPSA) is 88.4 Å². The Bertz CT molecular complexity index is 955. The summed E-state index contributed by atoms with van der Waals surface area (Å²) < 4.78 is 1.05. The Morgan fingerprint density at radius 1 is 1.22 bits per heavy atom. The molecule has 3 rings (SSSR count). The molecule has 0 saturated carbocycles. The van der Waals surface area contributed by atoms with Crippen LogP contribution in [0.4, 0.5) is 10.8 Å². The Hall–Kier alpha value is -3.00. The molecule has 0 radical (unpaired) electrons. The molecule has 3 aromatic rings. The van der Waals surface area contributed by atoms with Crippen LogP contribution < -0.4 is 5.32 Å². The van der Waals surface area contributed by atoms with E-state index in [4.69, 9.17) is 0 Å². The summed E-state index contributed by atoms with van der Waals surface area (Å²) in [4.78, 5) is 29.4. The molecule has 140 valence electrons. The first-order valence-electron chi connectivity index (χ1n) is 8.50. The minimum absolute atomic E-state index is 0.0147.